The van der Waals surface area contributed by atoms with Crippen LogP contribution < -0.4 is 0 Å². The van der Waals surface area contributed by atoms with Crippen LogP contribution in [-0.2, 0) is 19.2 Å². The number of phenolic OH excluding ortho intramolecular Hbond substituents is 1. The second-order valence-corrected chi connectivity index (χ2v) is 13.9. The van der Waals surface area contributed by atoms with Crippen LogP contribution in [0.25, 0.3) is 10.8 Å². The zero-order valence-electron chi connectivity index (χ0n) is 24.6. The molecule has 7 nitrogen and oxygen atoms in total. The Morgan fingerprint density at radius 2 is 1.23 bits per heavy atom. The molecule has 2 aromatic rings. The number of allylic oxidation sites excluding steroid dienone is 2. The fraction of sp³-hybridized carbons (Fsp3) is 0.556. The maximum absolute atomic E-state index is 14.4. The van der Waals surface area contributed by atoms with Crippen molar-refractivity contribution in [2.24, 2.45) is 29.6 Å². The third kappa shape index (κ3) is 3.99. The summed E-state index contributed by atoms with van der Waals surface area (Å²) in [5.41, 5.74) is 1.61. The molecule has 6 atom stereocenters. The van der Waals surface area contributed by atoms with Gasteiger partial charge < -0.3 is 5.11 Å². The Hall–Kier alpha value is -3.48. The number of phenols is 1. The van der Waals surface area contributed by atoms with Crippen molar-refractivity contribution in [1.82, 2.24) is 9.80 Å². The molecule has 43 heavy (non-hydrogen) atoms. The van der Waals surface area contributed by atoms with E-state index in [0.29, 0.717) is 23.8 Å². The van der Waals surface area contributed by atoms with Gasteiger partial charge >= 0.3 is 0 Å². The summed E-state index contributed by atoms with van der Waals surface area (Å²) >= 11 is 0. The van der Waals surface area contributed by atoms with Gasteiger partial charge in [0.1, 0.15) is 5.75 Å². The highest BCUT2D eigenvalue weighted by Crippen LogP contribution is 2.60. The van der Waals surface area contributed by atoms with E-state index >= 15 is 0 Å². The lowest BCUT2D eigenvalue weighted by Gasteiger charge is -2.44. The van der Waals surface area contributed by atoms with Crippen LogP contribution in [0.5, 0.6) is 5.75 Å². The van der Waals surface area contributed by atoms with Gasteiger partial charge in [-0.2, -0.15) is 0 Å². The van der Waals surface area contributed by atoms with Crippen molar-refractivity contribution in [3.05, 3.63) is 53.6 Å². The minimum atomic E-state index is -0.609. The first kappa shape index (κ1) is 27.1. The number of amides is 4. The average Bonchev–Trinajstić information content (AvgIpc) is 3.45. The standard InChI is InChI=1S/C36H40N2O5/c39-32-23-14-8-7-9-20(23)15-16-25(32)29-24-17-18-26-30(35(42)37(33(26)40)21-10-3-1-4-11-21)27(24)19-28-31(29)36(43)38(34(28)41)22-12-5-2-6-13-22/h7-9,14-17,21-22,26-31,39H,1-6,10-13,18-19H2. The topological polar surface area (TPSA) is 95.0 Å². The van der Waals surface area contributed by atoms with E-state index in [9.17, 15) is 24.3 Å². The number of carbonyl (C=O) groups is 4. The van der Waals surface area contributed by atoms with Gasteiger partial charge in [0, 0.05) is 29.0 Å². The second kappa shape index (κ2) is 10.3. The Kier molecular flexibility index (Phi) is 6.50. The molecule has 224 valence electrons. The number of nitrogens with zero attached hydrogens (tertiary/aromatic N) is 2. The van der Waals surface area contributed by atoms with Gasteiger partial charge in [-0.3, -0.25) is 29.0 Å². The van der Waals surface area contributed by atoms with Crippen LogP contribution in [0.15, 0.2) is 48.0 Å². The van der Waals surface area contributed by atoms with Crippen molar-refractivity contribution < 1.29 is 24.3 Å². The summed E-state index contributed by atoms with van der Waals surface area (Å²) in [4.78, 5) is 59.7. The van der Waals surface area contributed by atoms with E-state index < -0.39 is 29.6 Å². The van der Waals surface area contributed by atoms with Crippen LogP contribution in [0.3, 0.4) is 0 Å². The van der Waals surface area contributed by atoms with Gasteiger partial charge in [-0.05, 0) is 49.8 Å². The number of carbonyl (C=O) groups excluding carboxylic acids is 4. The smallest absolute Gasteiger partial charge is 0.234 e. The van der Waals surface area contributed by atoms with Gasteiger partial charge in [0.2, 0.25) is 23.6 Å². The lowest BCUT2D eigenvalue weighted by atomic mass is 9.57. The van der Waals surface area contributed by atoms with Crippen LogP contribution in [-0.4, -0.2) is 50.6 Å². The molecule has 7 heteroatoms. The largest absolute Gasteiger partial charge is 0.507 e. The van der Waals surface area contributed by atoms with E-state index in [1.807, 2.05) is 36.4 Å². The fourth-order valence-corrected chi connectivity index (χ4v) is 9.91. The zero-order chi connectivity index (χ0) is 29.4. The van der Waals surface area contributed by atoms with Crippen LogP contribution >= 0.6 is 0 Å². The Bertz CT molecular complexity index is 1550. The maximum Gasteiger partial charge on any atom is 0.234 e. The molecule has 2 aliphatic heterocycles. The molecule has 2 aromatic carbocycles. The molecule has 2 saturated heterocycles. The fourth-order valence-electron chi connectivity index (χ4n) is 9.91. The summed E-state index contributed by atoms with van der Waals surface area (Å²) in [6, 6.07) is 11.4. The minimum Gasteiger partial charge on any atom is -0.507 e. The first-order valence-electron chi connectivity index (χ1n) is 16.6. The van der Waals surface area contributed by atoms with Gasteiger partial charge in [-0.25, -0.2) is 0 Å². The average molecular weight is 581 g/mol. The summed E-state index contributed by atoms with van der Waals surface area (Å²) in [5.74, 6) is -3.14. The van der Waals surface area contributed by atoms with Gasteiger partial charge in [-0.15, -0.1) is 0 Å². The molecule has 3 saturated carbocycles. The number of hydrogen-bond acceptors (Lipinski definition) is 5. The third-order valence-electron chi connectivity index (χ3n) is 11.9. The Balaban J connectivity index is 1.24. The minimum absolute atomic E-state index is 0.0315. The number of benzene rings is 2. The summed E-state index contributed by atoms with van der Waals surface area (Å²) in [5, 5.41) is 13.3. The molecule has 4 aliphatic carbocycles. The number of imide groups is 2. The Morgan fingerprint density at radius 3 is 1.91 bits per heavy atom. The summed E-state index contributed by atoms with van der Waals surface area (Å²) in [6.07, 6.45) is 12.7. The SMILES string of the molecule is O=C1C2CC=C3C(CC4C(=O)N(C5CCCCC5)C(=O)C4C3c3ccc4ccccc4c3O)C2C(=O)N1C1CCCCC1. The molecule has 2 heterocycles. The number of aromatic hydroxyl groups is 1. The van der Waals surface area contributed by atoms with Crippen molar-refractivity contribution in [3.63, 3.8) is 0 Å². The molecule has 0 bridgehead atoms. The van der Waals surface area contributed by atoms with Crippen molar-refractivity contribution in [2.45, 2.75) is 95.1 Å². The highest BCUT2D eigenvalue weighted by atomic mass is 16.3. The lowest BCUT2D eigenvalue weighted by molar-refractivity contribution is -0.145. The number of likely N-dealkylation sites (tertiary alicyclic amines) is 2. The highest BCUT2D eigenvalue weighted by Gasteiger charge is 2.63. The Morgan fingerprint density at radius 1 is 0.628 bits per heavy atom. The van der Waals surface area contributed by atoms with Gasteiger partial charge in [0.05, 0.1) is 23.7 Å². The highest BCUT2D eigenvalue weighted by molar-refractivity contribution is 6.08. The molecule has 4 amide bonds. The van der Waals surface area contributed by atoms with Crippen molar-refractivity contribution in [1.29, 1.82) is 0 Å². The molecule has 5 fully saturated rings. The molecule has 6 aliphatic rings. The maximum atomic E-state index is 14.4. The van der Waals surface area contributed by atoms with Crippen LogP contribution in [0.4, 0.5) is 0 Å². The molecule has 0 radical (unpaired) electrons. The van der Waals surface area contributed by atoms with E-state index in [1.54, 1.807) is 9.80 Å². The Labute approximate surface area is 252 Å². The molecule has 1 N–H and O–H groups in total. The van der Waals surface area contributed by atoms with Crippen LogP contribution in [0.2, 0.25) is 0 Å². The number of fused-ring (bicyclic) bond motifs is 5. The lowest BCUT2D eigenvalue weighted by Crippen LogP contribution is -2.44. The van der Waals surface area contributed by atoms with Crippen molar-refractivity contribution in [2.75, 3.05) is 0 Å². The normalized spacial score (nSPS) is 33.5. The van der Waals surface area contributed by atoms with Gasteiger partial charge in [0.25, 0.3) is 0 Å². The number of rotatable bonds is 3. The number of hydrogen-bond donors (Lipinski definition) is 1. The molecular formula is C36H40N2O5. The molecular weight excluding hydrogens is 540 g/mol. The quantitative estimate of drug-likeness (QED) is 0.363. The van der Waals surface area contributed by atoms with E-state index in [4.69, 9.17) is 0 Å². The van der Waals surface area contributed by atoms with Gasteiger partial charge in [-0.1, -0.05) is 86.6 Å². The molecule has 6 unspecified atom stereocenters. The van der Waals surface area contributed by atoms with E-state index in [1.165, 1.54) is 0 Å². The van der Waals surface area contributed by atoms with Crippen molar-refractivity contribution in [3.8, 4) is 5.75 Å². The first-order chi connectivity index (χ1) is 21.0. The second-order valence-electron chi connectivity index (χ2n) is 13.9. The first-order valence-corrected chi connectivity index (χ1v) is 16.6. The summed E-state index contributed by atoms with van der Waals surface area (Å²) in [7, 11) is 0. The molecule has 8 rings (SSSR count). The van der Waals surface area contributed by atoms with Crippen molar-refractivity contribution >= 4 is 34.4 Å². The van der Waals surface area contributed by atoms with Crippen LogP contribution in [0.1, 0.15) is 88.5 Å². The van der Waals surface area contributed by atoms with Crippen LogP contribution in [0, 0.1) is 29.6 Å². The zero-order valence-corrected chi connectivity index (χ0v) is 24.6. The predicted octanol–water partition coefficient (Wildman–Crippen LogP) is 5.85. The van der Waals surface area contributed by atoms with Gasteiger partial charge in [0.15, 0.2) is 0 Å². The summed E-state index contributed by atoms with van der Waals surface area (Å²) < 4.78 is 0. The summed E-state index contributed by atoms with van der Waals surface area (Å²) in [6.45, 7) is 0. The molecule has 0 spiro atoms. The monoisotopic (exact) mass is 580 g/mol. The molecule has 0 aromatic heterocycles. The van der Waals surface area contributed by atoms with E-state index in [0.717, 1.165) is 75.2 Å². The third-order valence-corrected chi connectivity index (χ3v) is 11.9. The van der Waals surface area contributed by atoms with E-state index in [2.05, 4.69) is 6.08 Å². The predicted molar refractivity (Wildman–Crippen MR) is 161 cm³/mol. The van der Waals surface area contributed by atoms with E-state index in [-0.39, 0.29) is 47.4 Å².